The van der Waals surface area contributed by atoms with Crippen molar-refractivity contribution in [2.45, 2.75) is 76.2 Å². The first-order valence-electron chi connectivity index (χ1n) is 8.38. The number of aliphatic hydroxyl groups excluding tert-OH is 1. The van der Waals surface area contributed by atoms with Crippen LogP contribution in [0.5, 0.6) is 0 Å². The van der Waals surface area contributed by atoms with Crippen LogP contribution in [0.25, 0.3) is 0 Å². The Morgan fingerprint density at radius 2 is 2.30 bits per heavy atom. The summed E-state index contributed by atoms with van der Waals surface area (Å²) in [7, 11) is 0. The van der Waals surface area contributed by atoms with Crippen LogP contribution in [-0.2, 0) is 23.7 Å². The standard InChI is InChI=1S/C17H26O6/c1-4-20-15(19)8-12-11(18)9-17(3)14(22-12)7-13-16(23-17)10(2)5-6-21-13/h5,11-14,16,18H,4,6-9H2,1-3H3/t11-,12+,13+,14-,16-,17+/m1/s1. The summed E-state index contributed by atoms with van der Waals surface area (Å²) in [5.74, 6) is -0.345. The largest absolute Gasteiger partial charge is 0.466 e. The Kier molecular flexibility index (Phi) is 4.78. The highest BCUT2D eigenvalue weighted by Gasteiger charge is 2.53. The lowest BCUT2D eigenvalue weighted by atomic mass is 9.79. The summed E-state index contributed by atoms with van der Waals surface area (Å²) >= 11 is 0. The minimum atomic E-state index is -0.744. The van der Waals surface area contributed by atoms with E-state index in [0.717, 1.165) is 0 Å². The quantitative estimate of drug-likeness (QED) is 0.623. The molecule has 0 bridgehead atoms. The van der Waals surface area contributed by atoms with Gasteiger partial charge in [-0.15, -0.1) is 0 Å². The average Bonchev–Trinajstić information content (AvgIpc) is 2.47. The Morgan fingerprint density at radius 3 is 3.04 bits per heavy atom. The summed E-state index contributed by atoms with van der Waals surface area (Å²) in [5.41, 5.74) is 0.603. The Bertz CT molecular complexity index is 489. The van der Waals surface area contributed by atoms with Crippen molar-refractivity contribution in [3.8, 4) is 0 Å². The normalized spacial score (nSPS) is 43.1. The van der Waals surface area contributed by atoms with E-state index in [-0.39, 0.29) is 30.7 Å². The average molecular weight is 326 g/mol. The van der Waals surface area contributed by atoms with E-state index in [1.807, 2.05) is 19.9 Å². The van der Waals surface area contributed by atoms with Gasteiger partial charge in [0, 0.05) is 12.8 Å². The molecule has 0 aromatic rings. The third-order valence-corrected chi connectivity index (χ3v) is 5.08. The minimum absolute atomic E-state index is 0.0310. The van der Waals surface area contributed by atoms with Crippen LogP contribution in [-0.4, -0.2) is 60.4 Å². The second kappa shape index (κ2) is 6.51. The second-order valence-electron chi connectivity index (χ2n) is 6.85. The molecule has 3 aliphatic heterocycles. The first kappa shape index (κ1) is 16.9. The van der Waals surface area contributed by atoms with Gasteiger partial charge in [0.1, 0.15) is 6.10 Å². The van der Waals surface area contributed by atoms with Gasteiger partial charge in [0.05, 0.1) is 49.7 Å². The molecule has 23 heavy (non-hydrogen) atoms. The molecule has 3 rings (SSSR count). The van der Waals surface area contributed by atoms with E-state index < -0.39 is 17.8 Å². The van der Waals surface area contributed by atoms with Crippen molar-refractivity contribution >= 4 is 5.97 Å². The zero-order valence-corrected chi connectivity index (χ0v) is 14.0. The fraction of sp³-hybridized carbons (Fsp3) is 0.824. The van der Waals surface area contributed by atoms with E-state index in [1.165, 1.54) is 5.57 Å². The lowest BCUT2D eigenvalue weighted by Gasteiger charge is -2.53. The molecule has 0 aromatic heterocycles. The highest BCUT2D eigenvalue weighted by Crippen LogP contribution is 2.43. The molecule has 6 atom stereocenters. The summed E-state index contributed by atoms with van der Waals surface area (Å²) in [6.07, 6.45) is 1.65. The number of aliphatic hydroxyl groups is 1. The third kappa shape index (κ3) is 3.31. The number of carbonyl (C=O) groups excluding carboxylic acids is 1. The number of fused-ring (bicyclic) bond motifs is 2. The van der Waals surface area contributed by atoms with Gasteiger partial charge in [-0.05, 0) is 26.3 Å². The number of rotatable bonds is 3. The van der Waals surface area contributed by atoms with Crippen LogP contribution in [0.1, 0.15) is 40.0 Å². The molecule has 2 saturated heterocycles. The maximum Gasteiger partial charge on any atom is 0.308 e. The van der Waals surface area contributed by atoms with Gasteiger partial charge in [-0.1, -0.05) is 6.08 Å². The van der Waals surface area contributed by atoms with E-state index in [1.54, 1.807) is 6.92 Å². The summed E-state index contributed by atoms with van der Waals surface area (Å²) in [5, 5.41) is 10.4. The predicted molar refractivity (Wildman–Crippen MR) is 81.9 cm³/mol. The van der Waals surface area contributed by atoms with Crippen molar-refractivity contribution in [3.05, 3.63) is 11.6 Å². The van der Waals surface area contributed by atoms with Crippen LogP contribution in [0.4, 0.5) is 0 Å². The molecule has 0 unspecified atom stereocenters. The predicted octanol–water partition coefficient (Wildman–Crippen LogP) is 1.35. The molecule has 130 valence electrons. The van der Waals surface area contributed by atoms with Gasteiger partial charge in [0.25, 0.3) is 0 Å². The molecule has 0 radical (unpaired) electrons. The second-order valence-corrected chi connectivity index (χ2v) is 6.85. The fourth-order valence-electron chi connectivity index (χ4n) is 3.78. The maximum atomic E-state index is 11.7. The summed E-state index contributed by atoms with van der Waals surface area (Å²) in [6.45, 7) is 6.70. The van der Waals surface area contributed by atoms with Crippen molar-refractivity contribution in [3.63, 3.8) is 0 Å². The lowest BCUT2D eigenvalue weighted by molar-refractivity contribution is -0.285. The lowest BCUT2D eigenvalue weighted by Crippen LogP contribution is -2.63. The van der Waals surface area contributed by atoms with E-state index >= 15 is 0 Å². The zero-order chi connectivity index (χ0) is 16.6. The molecular formula is C17H26O6. The number of carbonyl (C=O) groups is 1. The zero-order valence-electron chi connectivity index (χ0n) is 14.0. The number of hydrogen-bond acceptors (Lipinski definition) is 6. The molecule has 3 heterocycles. The van der Waals surface area contributed by atoms with Crippen molar-refractivity contribution in [1.29, 1.82) is 0 Å². The first-order valence-corrected chi connectivity index (χ1v) is 8.38. The number of esters is 1. The molecule has 6 nitrogen and oxygen atoms in total. The maximum absolute atomic E-state index is 11.7. The first-order chi connectivity index (χ1) is 10.9. The molecule has 6 heteroatoms. The van der Waals surface area contributed by atoms with Crippen molar-refractivity contribution in [1.82, 2.24) is 0 Å². The van der Waals surface area contributed by atoms with Crippen molar-refractivity contribution in [2.24, 2.45) is 0 Å². The van der Waals surface area contributed by atoms with Gasteiger partial charge < -0.3 is 24.1 Å². The molecular weight excluding hydrogens is 300 g/mol. The number of ether oxygens (including phenoxy) is 4. The van der Waals surface area contributed by atoms with E-state index in [4.69, 9.17) is 18.9 Å². The topological polar surface area (TPSA) is 74.2 Å². The Morgan fingerprint density at radius 1 is 1.52 bits per heavy atom. The Labute approximate surface area is 136 Å². The summed E-state index contributed by atoms with van der Waals surface area (Å²) in [6, 6.07) is 0. The van der Waals surface area contributed by atoms with Gasteiger partial charge in [0.15, 0.2) is 0 Å². The monoisotopic (exact) mass is 326 g/mol. The van der Waals surface area contributed by atoms with E-state index in [0.29, 0.717) is 26.1 Å². The van der Waals surface area contributed by atoms with Crippen LogP contribution < -0.4 is 0 Å². The van der Waals surface area contributed by atoms with Crippen LogP contribution in [0.2, 0.25) is 0 Å². The summed E-state index contributed by atoms with van der Waals surface area (Å²) < 4.78 is 23.1. The van der Waals surface area contributed by atoms with Crippen LogP contribution in [0.15, 0.2) is 11.6 Å². The van der Waals surface area contributed by atoms with Gasteiger partial charge in [-0.2, -0.15) is 0 Å². The van der Waals surface area contributed by atoms with Gasteiger partial charge in [0.2, 0.25) is 0 Å². The highest BCUT2D eigenvalue weighted by molar-refractivity contribution is 5.70. The Hall–Kier alpha value is -0.950. The van der Waals surface area contributed by atoms with Crippen LogP contribution >= 0.6 is 0 Å². The summed E-state index contributed by atoms with van der Waals surface area (Å²) in [4.78, 5) is 11.7. The molecule has 2 fully saturated rings. The molecule has 0 aromatic carbocycles. The van der Waals surface area contributed by atoms with Gasteiger partial charge >= 0.3 is 5.97 Å². The minimum Gasteiger partial charge on any atom is -0.466 e. The van der Waals surface area contributed by atoms with E-state index in [9.17, 15) is 9.90 Å². The third-order valence-electron chi connectivity index (χ3n) is 5.08. The Balaban J connectivity index is 1.71. The fourth-order valence-corrected chi connectivity index (χ4v) is 3.78. The van der Waals surface area contributed by atoms with E-state index in [2.05, 4.69) is 0 Å². The molecule has 0 saturated carbocycles. The molecule has 3 aliphatic rings. The SMILES string of the molecule is CCOC(=O)C[C@@H]1O[C@@H]2C[C@@H]3OCC=C(C)[C@H]3O[C@@]2(C)C[C@H]1O. The molecule has 1 N–H and O–H groups in total. The van der Waals surface area contributed by atoms with Crippen LogP contribution in [0.3, 0.4) is 0 Å². The van der Waals surface area contributed by atoms with Crippen molar-refractivity contribution in [2.75, 3.05) is 13.2 Å². The molecule has 0 amide bonds. The van der Waals surface area contributed by atoms with Gasteiger partial charge in [-0.3, -0.25) is 4.79 Å². The van der Waals surface area contributed by atoms with Crippen molar-refractivity contribution < 1.29 is 28.8 Å². The number of hydrogen-bond donors (Lipinski definition) is 1. The van der Waals surface area contributed by atoms with Gasteiger partial charge in [-0.25, -0.2) is 0 Å². The highest BCUT2D eigenvalue weighted by atomic mass is 16.6. The van der Waals surface area contributed by atoms with Crippen LogP contribution in [0, 0.1) is 0 Å². The smallest absolute Gasteiger partial charge is 0.308 e. The molecule has 0 spiro atoms. The molecule has 0 aliphatic carbocycles.